The first-order chi connectivity index (χ1) is 15.9. The van der Waals surface area contributed by atoms with Crippen molar-refractivity contribution >= 4 is 29.2 Å². The van der Waals surface area contributed by atoms with Gasteiger partial charge in [0.15, 0.2) is 23.5 Å². The van der Waals surface area contributed by atoms with Crippen molar-refractivity contribution in [3.63, 3.8) is 0 Å². The summed E-state index contributed by atoms with van der Waals surface area (Å²) >= 11 is 0. The van der Waals surface area contributed by atoms with Gasteiger partial charge in [-0.25, -0.2) is 9.78 Å². The minimum absolute atomic E-state index is 0.000978. The van der Waals surface area contributed by atoms with Crippen molar-refractivity contribution in [3.8, 4) is 5.75 Å². The van der Waals surface area contributed by atoms with Gasteiger partial charge in [-0.15, -0.1) is 0 Å². The number of carbonyl (C=O) groups excluding carboxylic acids is 2. The number of H-pyrrole nitrogens is 1. The summed E-state index contributed by atoms with van der Waals surface area (Å²) < 4.78 is 18.4. The van der Waals surface area contributed by atoms with Crippen molar-refractivity contribution in [1.29, 1.82) is 0 Å². The first-order valence-corrected chi connectivity index (χ1v) is 10.7. The average Bonchev–Trinajstić information content (AvgIpc) is 3.38. The molecular weight excluding hydrogens is 430 g/mol. The molecule has 0 radical (unpaired) electrons. The van der Waals surface area contributed by atoms with Crippen LogP contribution in [0.4, 0.5) is 10.7 Å². The molecule has 1 aliphatic heterocycles. The van der Waals surface area contributed by atoms with Gasteiger partial charge in [0.25, 0.3) is 5.56 Å². The van der Waals surface area contributed by atoms with Crippen LogP contribution >= 0.6 is 0 Å². The molecule has 2 aromatic heterocycles. The summed E-state index contributed by atoms with van der Waals surface area (Å²) in [6.07, 6.45) is 0.0266. The molecule has 1 saturated heterocycles. The van der Waals surface area contributed by atoms with E-state index in [4.69, 9.17) is 14.2 Å². The Morgan fingerprint density at radius 2 is 2.06 bits per heavy atom. The Balaban J connectivity index is 1.61. The highest BCUT2D eigenvalue weighted by Gasteiger charge is 2.40. The van der Waals surface area contributed by atoms with E-state index in [0.717, 1.165) is 0 Å². The summed E-state index contributed by atoms with van der Waals surface area (Å²) in [6, 6.07) is 8.58. The number of ether oxygens (including phenoxy) is 3. The maximum atomic E-state index is 12.5. The number of rotatable bonds is 6. The lowest BCUT2D eigenvalue weighted by Gasteiger charge is -2.20. The molecule has 0 bridgehead atoms. The molecule has 0 spiro atoms. The zero-order valence-electron chi connectivity index (χ0n) is 18.5. The van der Waals surface area contributed by atoms with Gasteiger partial charge in [-0.1, -0.05) is 39.0 Å². The number of fused-ring (bicyclic) bond motifs is 1. The number of benzene rings is 1. The number of hydrogen-bond acceptors (Lipinski definition) is 8. The van der Waals surface area contributed by atoms with Gasteiger partial charge in [0.2, 0.25) is 11.9 Å². The maximum Gasteiger partial charge on any atom is 0.514 e. The van der Waals surface area contributed by atoms with Crippen LogP contribution in [0.2, 0.25) is 0 Å². The number of imidazole rings is 1. The van der Waals surface area contributed by atoms with E-state index in [1.54, 1.807) is 38.1 Å². The lowest BCUT2D eigenvalue weighted by Crippen LogP contribution is -2.27. The normalized spacial score (nSPS) is 20.2. The molecule has 0 saturated carbocycles. The topological polar surface area (TPSA) is 137 Å². The number of anilines is 1. The third-order valence-electron chi connectivity index (χ3n) is 5.26. The second kappa shape index (κ2) is 9.41. The fraction of sp³-hybridized carbons (Fsp3) is 0.409. The number of nitrogens with zero attached hydrogens (tertiary/aromatic N) is 3. The second-order valence-electron chi connectivity index (χ2n) is 8.00. The number of amides is 1. The lowest BCUT2D eigenvalue weighted by atomic mass is 10.1. The largest absolute Gasteiger partial charge is 0.514 e. The molecule has 0 unspecified atom stereocenters. The van der Waals surface area contributed by atoms with E-state index in [9.17, 15) is 14.4 Å². The Bertz CT molecular complexity index is 1200. The number of aromatic nitrogens is 4. The van der Waals surface area contributed by atoms with Crippen molar-refractivity contribution in [2.75, 3.05) is 5.32 Å². The van der Waals surface area contributed by atoms with Crippen molar-refractivity contribution in [3.05, 3.63) is 47.0 Å². The van der Waals surface area contributed by atoms with E-state index in [2.05, 4.69) is 20.3 Å². The van der Waals surface area contributed by atoms with Gasteiger partial charge in [0.1, 0.15) is 5.75 Å². The van der Waals surface area contributed by atoms with Gasteiger partial charge in [0.05, 0.1) is 12.4 Å². The first kappa shape index (κ1) is 22.5. The van der Waals surface area contributed by atoms with E-state index < -0.39 is 24.0 Å². The van der Waals surface area contributed by atoms with Crippen molar-refractivity contribution in [2.24, 2.45) is 5.92 Å². The van der Waals surface area contributed by atoms with Gasteiger partial charge in [-0.2, -0.15) is 4.98 Å². The van der Waals surface area contributed by atoms with Crippen molar-refractivity contribution < 1.29 is 23.8 Å². The third kappa shape index (κ3) is 4.87. The van der Waals surface area contributed by atoms with Crippen LogP contribution in [-0.2, 0) is 14.3 Å². The predicted octanol–water partition coefficient (Wildman–Crippen LogP) is 3.00. The maximum absolute atomic E-state index is 12.5. The third-order valence-corrected chi connectivity index (χ3v) is 5.26. The second-order valence-corrected chi connectivity index (χ2v) is 8.00. The molecule has 0 aliphatic carbocycles. The number of para-hydroxylation sites is 1. The summed E-state index contributed by atoms with van der Waals surface area (Å²) in [5.41, 5.74) is -0.236. The SMILES string of the molecule is CC[C@@H]1C[C@@H](OC(=O)Oc2ccccc2)[C@H](n2cnc3c(=O)[nH]c(NC(=O)C(C)C)nc32)O1. The Morgan fingerprint density at radius 3 is 2.76 bits per heavy atom. The number of carbonyl (C=O) groups is 2. The molecule has 11 nitrogen and oxygen atoms in total. The van der Waals surface area contributed by atoms with Crippen LogP contribution in [0.15, 0.2) is 41.5 Å². The Kier molecular flexibility index (Phi) is 6.40. The average molecular weight is 455 g/mol. The molecule has 11 heteroatoms. The summed E-state index contributed by atoms with van der Waals surface area (Å²) in [5.74, 6) is -0.236. The quantitative estimate of drug-likeness (QED) is 0.427. The Morgan fingerprint density at radius 1 is 1.30 bits per heavy atom. The van der Waals surface area contributed by atoms with Crippen LogP contribution in [0.1, 0.15) is 39.8 Å². The minimum Gasteiger partial charge on any atom is -0.426 e. The summed E-state index contributed by atoms with van der Waals surface area (Å²) in [7, 11) is 0. The van der Waals surface area contributed by atoms with Crippen LogP contribution in [0.5, 0.6) is 5.75 Å². The summed E-state index contributed by atoms with van der Waals surface area (Å²) in [4.78, 5) is 47.9. The molecule has 174 valence electrons. The van der Waals surface area contributed by atoms with Gasteiger partial charge in [0, 0.05) is 12.3 Å². The highest BCUT2D eigenvalue weighted by atomic mass is 16.7. The van der Waals surface area contributed by atoms with Crippen molar-refractivity contribution in [2.45, 2.75) is 52.0 Å². The molecule has 2 N–H and O–H groups in total. The Labute approximate surface area is 189 Å². The van der Waals surface area contributed by atoms with Gasteiger partial charge in [-0.3, -0.25) is 24.5 Å². The molecule has 3 atom stereocenters. The highest BCUT2D eigenvalue weighted by molar-refractivity contribution is 5.91. The summed E-state index contributed by atoms with van der Waals surface area (Å²) in [6.45, 7) is 5.41. The molecule has 3 aromatic rings. The van der Waals surface area contributed by atoms with E-state index in [0.29, 0.717) is 18.6 Å². The van der Waals surface area contributed by atoms with Crippen molar-refractivity contribution in [1.82, 2.24) is 19.5 Å². The minimum atomic E-state index is -0.864. The fourth-order valence-corrected chi connectivity index (χ4v) is 3.49. The molecule has 4 rings (SSSR count). The molecule has 3 heterocycles. The van der Waals surface area contributed by atoms with Crippen LogP contribution < -0.4 is 15.6 Å². The Hall–Kier alpha value is -3.73. The zero-order valence-corrected chi connectivity index (χ0v) is 18.5. The zero-order chi connectivity index (χ0) is 23.5. The van der Waals surface area contributed by atoms with E-state index in [1.165, 1.54) is 10.9 Å². The van der Waals surface area contributed by atoms with Crippen LogP contribution in [-0.4, -0.2) is 43.8 Å². The molecular formula is C22H25N5O6. The van der Waals surface area contributed by atoms with Crippen LogP contribution in [0, 0.1) is 5.92 Å². The summed E-state index contributed by atoms with van der Waals surface area (Å²) in [5, 5.41) is 2.58. The van der Waals surface area contributed by atoms with E-state index in [-0.39, 0.29) is 35.0 Å². The van der Waals surface area contributed by atoms with Gasteiger partial charge >= 0.3 is 6.16 Å². The molecule has 33 heavy (non-hydrogen) atoms. The first-order valence-electron chi connectivity index (χ1n) is 10.7. The smallest absolute Gasteiger partial charge is 0.426 e. The molecule has 1 aromatic carbocycles. The number of nitrogens with one attached hydrogen (secondary N) is 2. The molecule has 1 aliphatic rings. The van der Waals surface area contributed by atoms with Crippen LogP contribution in [0.25, 0.3) is 11.2 Å². The number of aromatic amines is 1. The fourth-order valence-electron chi connectivity index (χ4n) is 3.49. The van der Waals surface area contributed by atoms with E-state index in [1.807, 2.05) is 13.0 Å². The number of hydrogen-bond donors (Lipinski definition) is 2. The van der Waals surface area contributed by atoms with Crippen LogP contribution in [0.3, 0.4) is 0 Å². The van der Waals surface area contributed by atoms with Gasteiger partial charge < -0.3 is 14.2 Å². The highest BCUT2D eigenvalue weighted by Crippen LogP contribution is 2.34. The van der Waals surface area contributed by atoms with Gasteiger partial charge in [-0.05, 0) is 18.6 Å². The van der Waals surface area contributed by atoms with E-state index >= 15 is 0 Å². The monoisotopic (exact) mass is 455 g/mol. The molecule has 1 fully saturated rings. The predicted molar refractivity (Wildman–Crippen MR) is 118 cm³/mol. The molecule has 1 amide bonds. The lowest BCUT2D eigenvalue weighted by molar-refractivity contribution is -0.118. The standard InChI is InChI=1S/C22H25N5O6/c1-4-13-10-15(33-22(30)32-14-8-6-5-7-9-14)20(31-13)27-11-23-16-17(27)24-21(26-19(16)29)25-18(28)12(2)3/h5-9,11-13,15,20H,4,10H2,1-3H3,(H2,24,25,26,28,29)/t13-,15-,20-/m1/s1.